The van der Waals surface area contributed by atoms with Crippen LogP contribution in [0.1, 0.15) is 37.3 Å². The van der Waals surface area contributed by atoms with Crippen LogP contribution in [0.2, 0.25) is 0 Å². The molecular weight excluding hydrogens is 482 g/mol. The summed E-state index contributed by atoms with van der Waals surface area (Å²) in [5.41, 5.74) is 0.610. The largest absolute Gasteiger partial charge is 0.356 e. The van der Waals surface area contributed by atoms with E-state index in [9.17, 15) is 13.6 Å². The molecule has 2 atom stereocenters. The van der Waals surface area contributed by atoms with E-state index in [0.29, 0.717) is 44.3 Å². The highest BCUT2D eigenvalue weighted by atomic mass is 79.9. The number of benzene rings is 1. The number of hydrogen-bond donors (Lipinski definition) is 0. The van der Waals surface area contributed by atoms with Crippen LogP contribution in [-0.4, -0.2) is 45.3 Å². The molecule has 6 rings (SSSR count). The van der Waals surface area contributed by atoms with Crippen LogP contribution in [0.5, 0.6) is 0 Å². The molecule has 1 spiro atoms. The Labute approximate surface area is 191 Å². The molecule has 3 aromatic rings. The molecule has 5 heterocycles. The fourth-order valence-electron chi connectivity index (χ4n) is 5.45. The Hall–Kier alpha value is -2.52. The van der Waals surface area contributed by atoms with Crippen LogP contribution in [0, 0.1) is 11.6 Å². The Morgan fingerprint density at radius 3 is 2.56 bits per heavy atom. The van der Waals surface area contributed by atoms with Crippen molar-refractivity contribution in [1.82, 2.24) is 14.5 Å². The average Bonchev–Trinajstić information content (AvgIpc) is 3.46. The molecule has 32 heavy (non-hydrogen) atoms. The molecule has 166 valence electrons. The van der Waals surface area contributed by atoms with Gasteiger partial charge in [-0.25, -0.2) is 13.3 Å². The second-order valence-electron chi connectivity index (χ2n) is 8.73. The number of piperidine rings is 1. The maximum absolute atomic E-state index is 13.8. The first kappa shape index (κ1) is 20.1. The van der Waals surface area contributed by atoms with E-state index in [1.165, 1.54) is 12.1 Å². The zero-order valence-corrected chi connectivity index (χ0v) is 18.8. The van der Waals surface area contributed by atoms with Crippen molar-refractivity contribution in [2.45, 2.75) is 43.6 Å². The first-order valence-electron chi connectivity index (χ1n) is 10.8. The first-order chi connectivity index (χ1) is 15.4. The van der Waals surface area contributed by atoms with Crippen LogP contribution >= 0.6 is 15.9 Å². The number of rotatable bonds is 2. The molecule has 0 aliphatic carbocycles. The maximum Gasteiger partial charge on any atom is 0.257 e. The van der Waals surface area contributed by atoms with Crippen LogP contribution in [-0.2, 0) is 9.53 Å². The number of nitrogens with zero attached hydrogens (tertiary/aromatic N) is 4. The molecule has 1 aromatic carbocycles. The summed E-state index contributed by atoms with van der Waals surface area (Å²) < 4.78 is 36.8. The summed E-state index contributed by atoms with van der Waals surface area (Å²) in [4.78, 5) is 17.5. The Morgan fingerprint density at radius 1 is 1.06 bits per heavy atom. The van der Waals surface area contributed by atoms with Gasteiger partial charge in [-0.2, -0.15) is 5.10 Å². The van der Waals surface area contributed by atoms with E-state index >= 15 is 0 Å². The minimum atomic E-state index is -0.871. The highest BCUT2D eigenvalue weighted by Crippen LogP contribution is 2.48. The molecule has 0 unspecified atom stereocenters. The lowest BCUT2D eigenvalue weighted by molar-refractivity contribution is -0.140. The van der Waals surface area contributed by atoms with Gasteiger partial charge in [-0.3, -0.25) is 4.79 Å². The summed E-state index contributed by atoms with van der Waals surface area (Å²) in [6.07, 6.45) is 3.85. The summed E-state index contributed by atoms with van der Waals surface area (Å²) in [6.45, 7) is 1.31. The van der Waals surface area contributed by atoms with Gasteiger partial charge in [-0.1, -0.05) is 0 Å². The van der Waals surface area contributed by atoms with Gasteiger partial charge in [0.05, 0.1) is 17.8 Å². The lowest BCUT2D eigenvalue weighted by Gasteiger charge is -2.38. The van der Waals surface area contributed by atoms with Gasteiger partial charge in [0.2, 0.25) is 0 Å². The van der Waals surface area contributed by atoms with Gasteiger partial charge in [0.25, 0.3) is 5.91 Å². The molecule has 3 saturated heterocycles. The SMILES string of the molecule is O=C1N2[C@@H](CC[C@H]2c2cc(F)cc(F)c2)OC12CCN(c1ccc(Br)c3ccnn13)CC2. The van der Waals surface area contributed by atoms with E-state index < -0.39 is 17.2 Å². The van der Waals surface area contributed by atoms with Crippen molar-refractivity contribution in [3.63, 3.8) is 0 Å². The summed E-state index contributed by atoms with van der Waals surface area (Å²) in [7, 11) is 0. The second-order valence-corrected chi connectivity index (χ2v) is 9.58. The van der Waals surface area contributed by atoms with Crippen LogP contribution in [0.15, 0.2) is 47.1 Å². The lowest BCUT2D eigenvalue weighted by atomic mass is 9.89. The monoisotopic (exact) mass is 502 g/mol. The molecule has 0 saturated carbocycles. The molecule has 0 radical (unpaired) electrons. The van der Waals surface area contributed by atoms with E-state index in [4.69, 9.17) is 4.74 Å². The molecule has 6 nitrogen and oxygen atoms in total. The van der Waals surface area contributed by atoms with Crippen molar-refractivity contribution in [2.75, 3.05) is 18.0 Å². The van der Waals surface area contributed by atoms with Crippen molar-refractivity contribution >= 4 is 33.2 Å². The van der Waals surface area contributed by atoms with Gasteiger partial charge >= 0.3 is 0 Å². The molecular formula is C23H21BrF2N4O2. The number of amides is 1. The van der Waals surface area contributed by atoms with Crippen LogP contribution < -0.4 is 4.90 Å². The number of halogens is 3. The summed E-state index contributed by atoms with van der Waals surface area (Å²) in [6, 6.07) is 9.12. The predicted molar refractivity (Wildman–Crippen MR) is 117 cm³/mol. The number of ether oxygens (including phenoxy) is 1. The number of anilines is 1. The van der Waals surface area contributed by atoms with E-state index in [2.05, 4.69) is 25.9 Å². The molecule has 0 N–H and O–H groups in total. The molecule has 9 heteroatoms. The van der Waals surface area contributed by atoms with Crippen LogP contribution in [0.3, 0.4) is 0 Å². The van der Waals surface area contributed by atoms with Gasteiger partial charge in [0.15, 0.2) is 5.60 Å². The van der Waals surface area contributed by atoms with Crippen LogP contribution in [0.4, 0.5) is 14.6 Å². The number of aromatic nitrogens is 2. The lowest BCUT2D eigenvalue weighted by Crippen LogP contribution is -2.50. The number of hydrogen-bond acceptors (Lipinski definition) is 4. The number of carbonyl (C=O) groups is 1. The normalized spacial score (nSPS) is 24.7. The third-order valence-corrected chi connectivity index (χ3v) is 7.64. The number of pyridine rings is 1. The van der Waals surface area contributed by atoms with Crippen molar-refractivity contribution in [1.29, 1.82) is 0 Å². The highest BCUT2D eigenvalue weighted by Gasteiger charge is 2.58. The molecule has 3 aliphatic rings. The number of fused-ring (bicyclic) bond motifs is 2. The quantitative estimate of drug-likeness (QED) is 0.519. The smallest absolute Gasteiger partial charge is 0.257 e. The van der Waals surface area contributed by atoms with Gasteiger partial charge < -0.3 is 14.5 Å². The average molecular weight is 503 g/mol. The molecule has 3 aliphatic heterocycles. The zero-order chi connectivity index (χ0) is 22.0. The van der Waals surface area contributed by atoms with E-state index in [0.717, 1.165) is 21.9 Å². The fraction of sp³-hybridized carbons (Fsp3) is 0.391. The van der Waals surface area contributed by atoms with Crippen molar-refractivity contribution in [3.05, 3.63) is 64.3 Å². The van der Waals surface area contributed by atoms with E-state index in [1.54, 1.807) is 11.1 Å². The predicted octanol–water partition coefficient (Wildman–Crippen LogP) is 4.43. The second kappa shape index (κ2) is 7.25. The summed E-state index contributed by atoms with van der Waals surface area (Å²) in [5, 5.41) is 4.44. The number of carbonyl (C=O) groups excluding carboxylic acids is 1. The third-order valence-electron chi connectivity index (χ3n) is 6.97. The van der Waals surface area contributed by atoms with Gasteiger partial charge in [-0.15, -0.1) is 0 Å². The van der Waals surface area contributed by atoms with Gasteiger partial charge in [0.1, 0.15) is 23.7 Å². The molecule has 3 fully saturated rings. The molecule has 2 aromatic heterocycles. The Balaban J connectivity index is 1.24. The molecule has 0 bridgehead atoms. The Kier molecular flexibility index (Phi) is 4.55. The highest BCUT2D eigenvalue weighted by molar-refractivity contribution is 9.10. The van der Waals surface area contributed by atoms with E-state index in [-0.39, 0.29) is 18.2 Å². The van der Waals surface area contributed by atoms with Crippen molar-refractivity contribution < 1.29 is 18.3 Å². The molecule has 1 amide bonds. The Bertz CT molecular complexity index is 1200. The standard InChI is InChI=1S/C23H21BrF2N4O2/c24-17-1-3-20(30-19(17)5-8-27-30)28-9-6-23(7-10-28)22(31)29-18(2-4-21(29)32-23)14-11-15(25)13-16(26)12-14/h1,3,5,8,11-13,18,21H,2,4,6-7,9-10H2/t18-,21+/m0/s1. The van der Waals surface area contributed by atoms with Crippen molar-refractivity contribution in [3.8, 4) is 0 Å². The summed E-state index contributed by atoms with van der Waals surface area (Å²) >= 11 is 3.56. The minimum absolute atomic E-state index is 0.0608. The topological polar surface area (TPSA) is 50.1 Å². The van der Waals surface area contributed by atoms with E-state index in [1.807, 2.05) is 22.7 Å². The van der Waals surface area contributed by atoms with Crippen molar-refractivity contribution in [2.24, 2.45) is 0 Å². The minimum Gasteiger partial charge on any atom is -0.356 e. The third kappa shape index (κ3) is 2.97. The van der Waals surface area contributed by atoms with Crippen LogP contribution in [0.25, 0.3) is 5.52 Å². The first-order valence-corrected chi connectivity index (χ1v) is 11.6. The van der Waals surface area contributed by atoms with Gasteiger partial charge in [0, 0.05) is 36.5 Å². The summed E-state index contributed by atoms with van der Waals surface area (Å²) in [5.74, 6) is -0.339. The fourth-order valence-corrected chi connectivity index (χ4v) is 5.88. The Morgan fingerprint density at radius 2 is 1.81 bits per heavy atom. The zero-order valence-electron chi connectivity index (χ0n) is 17.2. The van der Waals surface area contributed by atoms with Gasteiger partial charge in [-0.05, 0) is 64.7 Å². The maximum atomic E-state index is 13.8.